The lowest BCUT2D eigenvalue weighted by atomic mass is 10.1. The van der Waals surface area contributed by atoms with Crippen LogP contribution >= 0.6 is 11.3 Å². The molecule has 0 bridgehead atoms. The predicted molar refractivity (Wildman–Crippen MR) is 112 cm³/mol. The number of benzene rings is 1. The second kappa shape index (κ2) is 9.50. The fourth-order valence-electron chi connectivity index (χ4n) is 3.26. The summed E-state index contributed by atoms with van der Waals surface area (Å²) in [6, 6.07) is 12.9. The molecule has 1 fully saturated rings. The van der Waals surface area contributed by atoms with Crippen molar-refractivity contribution in [3.05, 3.63) is 52.9 Å². The van der Waals surface area contributed by atoms with E-state index in [1.807, 2.05) is 24.3 Å². The zero-order valence-electron chi connectivity index (χ0n) is 16.3. The maximum Gasteiger partial charge on any atom is 0.252 e. The smallest absolute Gasteiger partial charge is 0.252 e. The molecular formula is C20H24N4O3S2. The van der Waals surface area contributed by atoms with Crippen LogP contribution in [0.5, 0.6) is 0 Å². The third-order valence-electron chi connectivity index (χ3n) is 4.95. The van der Waals surface area contributed by atoms with Crippen molar-refractivity contribution in [3.8, 4) is 6.07 Å². The van der Waals surface area contributed by atoms with E-state index in [4.69, 9.17) is 5.26 Å². The summed E-state index contributed by atoms with van der Waals surface area (Å²) in [5.74, 6) is -0.173. The highest BCUT2D eigenvalue weighted by Crippen LogP contribution is 2.20. The van der Waals surface area contributed by atoms with Gasteiger partial charge >= 0.3 is 0 Å². The van der Waals surface area contributed by atoms with Gasteiger partial charge in [0.25, 0.3) is 10.0 Å². The van der Waals surface area contributed by atoms with Gasteiger partial charge in [0, 0.05) is 39.8 Å². The van der Waals surface area contributed by atoms with Gasteiger partial charge in [0.2, 0.25) is 5.91 Å². The Morgan fingerprint density at radius 3 is 2.59 bits per heavy atom. The largest absolute Gasteiger partial charge is 0.340 e. The molecule has 1 aliphatic rings. The van der Waals surface area contributed by atoms with Crippen LogP contribution in [-0.4, -0.2) is 68.2 Å². The highest BCUT2D eigenvalue weighted by atomic mass is 32.2. The van der Waals surface area contributed by atoms with E-state index in [9.17, 15) is 13.2 Å². The number of carbonyl (C=O) groups is 1. The number of thiophene rings is 1. The molecule has 154 valence electrons. The molecule has 0 N–H and O–H groups in total. The molecule has 0 saturated carbocycles. The third-order valence-corrected chi connectivity index (χ3v) is 8.12. The van der Waals surface area contributed by atoms with Crippen molar-refractivity contribution in [3.63, 3.8) is 0 Å². The van der Waals surface area contributed by atoms with Crippen molar-refractivity contribution in [2.24, 2.45) is 0 Å². The third kappa shape index (κ3) is 5.42. The van der Waals surface area contributed by atoms with Crippen LogP contribution in [0.3, 0.4) is 0 Å². The molecule has 3 rings (SSSR count). The average molecular weight is 433 g/mol. The van der Waals surface area contributed by atoms with Gasteiger partial charge in [-0.2, -0.15) is 9.57 Å². The summed E-state index contributed by atoms with van der Waals surface area (Å²) in [5.41, 5.74) is 1.77. The molecule has 7 nitrogen and oxygen atoms in total. The van der Waals surface area contributed by atoms with Crippen LogP contribution in [0, 0.1) is 11.3 Å². The number of hydrogen-bond donors (Lipinski definition) is 0. The summed E-state index contributed by atoms with van der Waals surface area (Å²) >= 11 is 1.15. The molecular weight excluding hydrogens is 408 g/mol. The maximum atomic E-state index is 12.7. The minimum atomic E-state index is -3.62. The van der Waals surface area contributed by atoms with Crippen LogP contribution in [0.1, 0.15) is 17.5 Å². The topological polar surface area (TPSA) is 84.7 Å². The molecule has 1 amide bonds. The number of likely N-dealkylation sites (N-methyl/N-ethyl adjacent to an activating group) is 1. The number of carbonyl (C=O) groups excluding carboxylic acids is 1. The van der Waals surface area contributed by atoms with Crippen LogP contribution in [0.25, 0.3) is 0 Å². The van der Waals surface area contributed by atoms with E-state index in [1.165, 1.54) is 7.05 Å². The number of nitrogens with zero attached hydrogens (tertiary/aromatic N) is 4. The van der Waals surface area contributed by atoms with E-state index in [-0.39, 0.29) is 16.7 Å². The lowest BCUT2D eigenvalue weighted by Gasteiger charge is -2.24. The fourth-order valence-corrected chi connectivity index (χ4v) is 5.58. The van der Waals surface area contributed by atoms with Gasteiger partial charge < -0.3 is 4.90 Å². The van der Waals surface area contributed by atoms with Crippen LogP contribution in [-0.2, 0) is 21.4 Å². The van der Waals surface area contributed by atoms with Crippen LogP contribution in [0.2, 0.25) is 0 Å². The monoisotopic (exact) mass is 432 g/mol. The van der Waals surface area contributed by atoms with E-state index < -0.39 is 10.0 Å². The zero-order valence-corrected chi connectivity index (χ0v) is 18.0. The number of hydrogen-bond acceptors (Lipinski definition) is 6. The lowest BCUT2D eigenvalue weighted by Crippen LogP contribution is -2.42. The summed E-state index contributed by atoms with van der Waals surface area (Å²) in [7, 11) is -2.18. The molecule has 29 heavy (non-hydrogen) atoms. The van der Waals surface area contributed by atoms with Gasteiger partial charge in [0.15, 0.2) is 0 Å². The first-order valence-electron chi connectivity index (χ1n) is 9.39. The minimum absolute atomic E-state index is 0.157. The van der Waals surface area contributed by atoms with Crippen molar-refractivity contribution >= 4 is 27.3 Å². The Hall–Kier alpha value is -2.25. The van der Waals surface area contributed by atoms with Gasteiger partial charge in [-0.15, -0.1) is 11.3 Å². The zero-order chi connectivity index (χ0) is 20.9. The maximum absolute atomic E-state index is 12.7. The number of sulfonamides is 1. The lowest BCUT2D eigenvalue weighted by molar-refractivity contribution is -0.131. The van der Waals surface area contributed by atoms with Gasteiger partial charge in [-0.1, -0.05) is 18.2 Å². The molecule has 2 heterocycles. The summed E-state index contributed by atoms with van der Waals surface area (Å²) in [6.07, 6.45) is 0.837. The first kappa shape index (κ1) is 21.5. The molecule has 0 spiro atoms. The summed E-state index contributed by atoms with van der Waals surface area (Å²) < 4.78 is 26.4. The Morgan fingerprint density at radius 2 is 1.93 bits per heavy atom. The molecule has 0 aliphatic carbocycles. The average Bonchev–Trinajstić information content (AvgIpc) is 3.17. The molecule has 2 aromatic rings. The summed E-state index contributed by atoms with van der Waals surface area (Å²) in [4.78, 5) is 16.7. The highest BCUT2D eigenvalue weighted by molar-refractivity contribution is 7.91. The molecule has 0 atom stereocenters. The van der Waals surface area contributed by atoms with Crippen molar-refractivity contribution < 1.29 is 13.2 Å². The van der Waals surface area contributed by atoms with Crippen molar-refractivity contribution in [2.45, 2.75) is 17.2 Å². The quantitative estimate of drug-likeness (QED) is 0.697. The van der Waals surface area contributed by atoms with Crippen molar-refractivity contribution in [1.82, 2.24) is 14.1 Å². The second-order valence-electron chi connectivity index (χ2n) is 7.01. The fraction of sp³-hybridized carbons (Fsp3) is 0.400. The highest BCUT2D eigenvalue weighted by Gasteiger charge is 2.27. The van der Waals surface area contributed by atoms with Crippen molar-refractivity contribution in [1.29, 1.82) is 5.26 Å². The minimum Gasteiger partial charge on any atom is -0.340 e. The molecule has 1 aromatic heterocycles. The number of rotatable bonds is 6. The first-order valence-corrected chi connectivity index (χ1v) is 11.7. The van der Waals surface area contributed by atoms with E-state index in [0.29, 0.717) is 18.7 Å². The summed E-state index contributed by atoms with van der Waals surface area (Å²) in [6.45, 7) is 3.40. The Balaban J connectivity index is 1.54. The van der Waals surface area contributed by atoms with Crippen LogP contribution < -0.4 is 0 Å². The van der Waals surface area contributed by atoms with Crippen molar-refractivity contribution in [2.75, 3.05) is 39.8 Å². The standard InChI is InChI=1S/C20H24N4O3S2/c1-22(29(26,27)20-4-2-13-28-20)16-19(25)24-10-3-9-23(11-12-24)15-18-7-5-17(14-21)6-8-18/h2,4-8,13H,3,9-12,15-16H2,1H3. The molecule has 9 heteroatoms. The molecule has 0 radical (unpaired) electrons. The van der Waals surface area contributed by atoms with Gasteiger partial charge in [0.05, 0.1) is 18.2 Å². The normalized spacial score (nSPS) is 15.8. The van der Waals surface area contributed by atoms with Gasteiger partial charge in [0.1, 0.15) is 4.21 Å². The van der Waals surface area contributed by atoms with E-state index in [1.54, 1.807) is 22.4 Å². The summed E-state index contributed by atoms with van der Waals surface area (Å²) in [5, 5.41) is 10.6. The Kier molecular flexibility index (Phi) is 7.03. The predicted octanol–water partition coefficient (Wildman–Crippen LogP) is 1.97. The number of amides is 1. The van der Waals surface area contributed by atoms with E-state index in [0.717, 1.165) is 47.3 Å². The Labute approximate surface area is 175 Å². The van der Waals surface area contributed by atoms with E-state index in [2.05, 4.69) is 11.0 Å². The molecule has 1 aliphatic heterocycles. The Bertz CT molecular complexity index is 966. The Morgan fingerprint density at radius 1 is 1.17 bits per heavy atom. The SMILES string of the molecule is CN(CC(=O)N1CCCN(Cc2ccc(C#N)cc2)CC1)S(=O)(=O)c1cccs1. The molecule has 1 aromatic carbocycles. The van der Waals surface area contributed by atoms with Gasteiger partial charge in [-0.25, -0.2) is 8.42 Å². The first-order chi connectivity index (χ1) is 13.9. The second-order valence-corrected chi connectivity index (χ2v) is 10.2. The van der Waals surface area contributed by atoms with Crippen LogP contribution in [0.4, 0.5) is 0 Å². The molecule has 0 unspecified atom stereocenters. The molecule has 1 saturated heterocycles. The van der Waals surface area contributed by atoms with Crippen LogP contribution in [0.15, 0.2) is 46.0 Å². The van der Waals surface area contributed by atoms with Gasteiger partial charge in [-0.05, 0) is 35.6 Å². The number of nitriles is 1. The van der Waals surface area contributed by atoms with Gasteiger partial charge in [-0.3, -0.25) is 9.69 Å². The van der Waals surface area contributed by atoms with E-state index >= 15 is 0 Å².